The van der Waals surface area contributed by atoms with Gasteiger partial charge in [0, 0.05) is 12.1 Å². The summed E-state index contributed by atoms with van der Waals surface area (Å²) in [5.74, 6) is 0. The third-order valence-corrected chi connectivity index (χ3v) is 5.32. The summed E-state index contributed by atoms with van der Waals surface area (Å²) < 4.78 is 27.6. The van der Waals surface area contributed by atoms with Gasteiger partial charge in [0.1, 0.15) is 0 Å². The Morgan fingerprint density at radius 2 is 1.52 bits per heavy atom. The lowest BCUT2D eigenvalue weighted by Crippen LogP contribution is -2.15. The first-order valence-electron chi connectivity index (χ1n) is 6.98. The molecule has 0 bridgehead atoms. The van der Waals surface area contributed by atoms with Gasteiger partial charge in [-0.1, -0.05) is 6.07 Å². The lowest BCUT2D eigenvalue weighted by atomic mass is 9.99. The highest BCUT2D eigenvalue weighted by Gasteiger charge is 2.19. The monoisotopic (exact) mass is 334 g/mol. The van der Waals surface area contributed by atoms with Gasteiger partial charge in [0.25, 0.3) is 15.7 Å². The van der Waals surface area contributed by atoms with Gasteiger partial charge in [-0.2, -0.15) is 0 Å². The van der Waals surface area contributed by atoms with E-state index in [0.29, 0.717) is 5.69 Å². The van der Waals surface area contributed by atoms with Gasteiger partial charge in [0.05, 0.1) is 15.5 Å². The van der Waals surface area contributed by atoms with Crippen molar-refractivity contribution in [3.05, 3.63) is 62.7 Å². The molecule has 0 amide bonds. The van der Waals surface area contributed by atoms with Crippen molar-refractivity contribution in [2.24, 2.45) is 0 Å². The number of non-ortho nitro benzene ring substituents is 1. The van der Waals surface area contributed by atoms with Crippen LogP contribution in [-0.4, -0.2) is 13.3 Å². The number of nitrogens with zero attached hydrogens (tertiary/aromatic N) is 1. The predicted molar refractivity (Wildman–Crippen MR) is 89.3 cm³/mol. The molecule has 2 aromatic carbocycles. The van der Waals surface area contributed by atoms with Crippen molar-refractivity contribution in [3.8, 4) is 0 Å². The summed E-state index contributed by atoms with van der Waals surface area (Å²) in [6, 6.07) is 6.73. The van der Waals surface area contributed by atoms with Crippen molar-refractivity contribution >= 4 is 21.4 Å². The summed E-state index contributed by atoms with van der Waals surface area (Å²) in [5.41, 5.74) is 4.22. The number of sulfonamides is 1. The molecule has 122 valence electrons. The largest absolute Gasteiger partial charge is 0.279 e. The van der Waals surface area contributed by atoms with Crippen LogP contribution in [0.25, 0.3) is 0 Å². The third kappa shape index (κ3) is 3.34. The molecule has 1 N–H and O–H groups in total. The fraction of sp³-hybridized carbons (Fsp3) is 0.250. The highest BCUT2D eigenvalue weighted by atomic mass is 32.2. The van der Waals surface area contributed by atoms with Crippen LogP contribution in [0.4, 0.5) is 11.4 Å². The van der Waals surface area contributed by atoms with Crippen LogP contribution >= 0.6 is 0 Å². The molecule has 0 radical (unpaired) electrons. The SMILES string of the molecule is Cc1cc(C)c(NS(=O)(=O)c2ccc([N+](=O)[O-])cc2)c(C)c1C. The lowest BCUT2D eigenvalue weighted by Gasteiger charge is -2.17. The zero-order valence-electron chi connectivity index (χ0n) is 13.4. The molecule has 0 unspecified atom stereocenters. The van der Waals surface area contributed by atoms with Crippen LogP contribution in [-0.2, 0) is 10.0 Å². The van der Waals surface area contributed by atoms with Crippen LogP contribution in [0.5, 0.6) is 0 Å². The zero-order valence-corrected chi connectivity index (χ0v) is 14.2. The third-order valence-electron chi connectivity index (χ3n) is 3.95. The molecule has 7 heteroatoms. The number of aryl methyl sites for hydroxylation is 2. The Balaban J connectivity index is 2.43. The molecule has 2 aromatic rings. The Hall–Kier alpha value is -2.41. The molecule has 0 fully saturated rings. The van der Waals surface area contributed by atoms with Gasteiger partial charge >= 0.3 is 0 Å². The number of benzene rings is 2. The molecule has 0 saturated carbocycles. The van der Waals surface area contributed by atoms with E-state index in [9.17, 15) is 18.5 Å². The molecule has 0 aliphatic rings. The summed E-state index contributed by atoms with van der Waals surface area (Å²) in [4.78, 5) is 10.1. The summed E-state index contributed by atoms with van der Waals surface area (Å²) in [6.07, 6.45) is 0. The Labute approximate surface area is 135 Å². The minimum absolute atomic E-state index is 0.0138. The minimum Gasteiger partial charge on any atom is -0.279 e. The summed E-state index contributed by atoms with van der Waals surface area (Å²) in [6.45, 7) is 7.62. The van der Waals surface area contributed by atoms with Gasteiger partial charge < -0.3 is 0 Å². The number of nitrogens with one attached hydrogen (secondary N) is 1. The molecule has 0 aliphatic heterocycles. The fourth-order valence-electron chi connectivity index (χ4n) is 2.38. The highest BCUT2D eigenvalue weighted by molar-refractivity contribution is 7.92. The Bertz CT molecular complexity index is 872. The smallest absolute Gasteiger partial charge is 0.269 e. The van der Waals surface area contributed by atoms with Gasteiger partial charge in [-0.05, 0) is 62.1 Å². The van der Waals surface area contributed by atoms with Crippen LogP contribution in [0, 0.1) is 37.8 Å². The van der Waals surface area contributed by atoms with E-state index in [1.54, 1.807) is 0 Å². The molecular formula is C16H18N2O4S. The number of anilines is 1. The van der Waals surface area contributed by atoms with E-state index in [2.05, 4.69) is 4.72 Å². The number of hydrogen-bond donors (Lipinski definition) is 1. The Kier molecular flexibility index (Phi) is 4.42. The van der Waals surface area contributed by atoms with Crippen LogP contribution < -0.4 is 4.72 Å². The lowest BCUT2D eigenvalue weighted by molar-refractivity contribution is -0.384. The minimum atomic E-state index is -3.80. The summed E-state index contributed by atoms with van der Waals surface area (Å²) in [5, 5.41) is 10.7. The first-order valence-corrected chi connectivity index (χ1v) is 8.46. The topological polar surface area (TPSA) is 89.3 Å². The van der Waals surface area contributed by atoms with E-state index < -0.39 is 14.9 Å². The van der Waals surface area contributed by atoms with E-state index >= 15 is 0 Å². The molecule has 2 rings (SSSR count). The Morgan fingerprint density at radius 1 is 0.957 bits per heavy atom. The summed E-state index contributed by atoms with van der Waals surface area (Å²) in [7, 11) is -3.80. The van der Waals surface area contributed by atoms with Crippen molar-refractivity contribution in [2.45, 2.75) is 32.6 Å². The molecule has 0 heterocycles. The molecule has 6 nitrogen and oxygen atoms in total. The maximum Gasteiger partial charge on any atom is 0.269 e. The van der Waals surface area contributed by atoms with Crippen molar-refractivity contribution in [3.63, 3.8) is 0 Å². The fourth-order valence-corrected chi connectivity index (χ4v) is 3.58. The van der Waals surface area contributed by atoms with Crippen LogP contribution in [0.1, 0.15) is 22.3 Å². The molecule has 0 aromatic heterocycles. The second kappa shape index (κ2) is 6.00. The van der Waals surface area contributed by atoms with E-state index in [1.165, 1.54) is 24.3 Å². The van der Waals surface area contributed by atoms with Gasteiger partial charge in [0.15, 0.2) is 0 Å². The zero-order chi connectivity index (χ0) is 17.4. The molecule has 0 spiro atoms. The van der Waals surface area contributed by atoms with E-state index in [-0.39, 0.29) is 10.6 Å². The van der Waals surface area contributed by atoms with E-state index in [4.69, 9.17) is 0 Å². The first kappa shape index (κ1) is 17.0. The van der Waals surface area contributed by atoms with Crippen molar-refractivity contribution in [1.29, 1.82) is 0 Å². The van der Waals surface area contributed by atoms with Crippen molar-refractivity contribution in [1.82, 2.24) is 0 Å². The average Bonchev–Trinajstić information content (AvgIpc) is 2.49. The maximum atomic E-state index is 12.5. The standard InChI is InChI=1S/C16H18N2O4S/c1-10-9-11(2)16(13(4)12(10)3)17-23(21,22)15-7-5-14(6-8-15)18(19)20/h5-9,17H,1-4H3. The second-order valence-electron chi connectivity index (χ2n) is 5.49. The van der Waals surface area contributed by atoms with Gasteiger partial charge in [-0.15, -0.1) is 0 Å². The van der Waals surface area contributed by atoms with E-state index in [0.717, 1.165) is 22.3 Å². The summed E-state index contributed by atoms with van der Waals surface area (Å²) >= 11 is 0. The van der Waals surface area contributed by atoms with Crippen LogP contribution in [0.2, 0.25) is 0 Å². The van der Waals surface area contributed by atoms with Crippen LogP contribution in [0.3, 0.4) is 0 Å². The number of nitro groups is 1. The highest BCUT2D eigenvalue weighted by Crippen LogP contribution is 2.28. The second-order valence-corrected chi connectivity index (χ2v) is 7.17. The average molecular weight is 334 g/mol. The normalized spacial score (nSPS) is 11.3. The number of hydrogen-bond acceptors (Lipinski definition) is 4. The molecule has 0 aliphatic carbocycles. The number of nitro benzene ring substituents is 1. The van der Waals surface area contributed by atoms with Gasteiger partial charge in [-0.25, -0.2) is 8.42 Å². The first-order chi connectivity index (χ1) is 10.6. The number of rotatable bonds is 4. The van der Waals surface area contributed by atoms with Crippen LogP contribution in [0.15, 0.2) is 35.2 Å². The van der Waals surface area contributed by atoms with Crippen molar-refractivity contribution in [2.75, 3.05) is 4.72 Å². The molecule has 0 atom stereocenters. The molecule has 23 heavy (non-hydrogen) atoms. The van der Waals surface area contributed by atoms with Gasteiger partial charge in [0.2, 0.25) is 0 Å². The van der Waals surface area contributed by atoms with E-state index in [1.807, 2.05) is 33.8 Å². The molecular weight excluding hydrogens is 316 g/mol. The predicted octanol–water partition coefficient (Wildman–Crippen LogP) is 3.63. The maximum absolute atomic E-state index is 12.5. The quantitative estimate of drug-likeness (QED) is 0.683. The van der Waals surface area contributed by atoms with Gasteiger partial charge in [-0.3, -0.25) is 14.8 Å². The van der Waals surface area contributed by atoms with Crippen molar-refractivity contribution < 1.29 is 13.3 Å². The molecule has 0 saturated heterocycles. The Morgan fingerprint density at radius 3 is 2.04 bits per heavy atom.